The van der Waals surface area contributed by atoms with Gasteiger partial charge in [0.05, 0.1) is 17.8 Å². The number of aryl methyl sites for hydroxylation is 1. The summed E-state index contributed by atoms with van der Waals surface area (Å²) >= 11 is 3.45. The zero-order chi connectivity index (χ0) is 18.8. The molecule has 0 radical (unpaired) electrons. The van der Waals surface area contributed by atoms with Crippen LogP contribution in [0.25, 0.3) is 11.3 Å². The van der Waals surface area contributed by atoms with Gasteiger partial charge in [0.15, 0.2) is 0 Å². The van der Waals surface area contributed by atoms with E-state index in [1.54, 1.807) is 0 Å². The van der Waals surface area contributed by atoms with E-state index in [0.717, 1.165) is 64.4 Å². The summed E-state index contributed by atoms with van der Waals surface area (Å²) in [5.41, 5.74) is 2.80. The molecule has 0 atom stereocenters. The topological polar surface area (TPSA) is 62.1 Å². The predicted molar refractivity (Wildman–Crippen MR) is 109 cm³/mol. The SMILES string of the molecule is CCCc1nc2c(c(=O)[nH]1)CN(Cc1ccc(-c3ccc(Br)cc3)o1)CC2. The van der Waals surface area contributed by atoms with Crippen molar-refractivity contribution in [3.63, 3.8) is 0 Å². The van der Waals surface area contributed by atoms with Crippen molar-refractivity contribution in [2.45, 2.75) is 39.3 Å². The zero-order valence-corrected chi connectivity index (χ0v) is 16.9. The summed E-state index contributed by atoms with van der Waals surface area (Å²) in [6.07, 6.45) is 2.60. The normalized spacial score (nSPS) is 14.3. The molecule has 27 heavy (non-hydrogen) atoms. The van der Waals surface area contributed by atoms with Crippen molar-refractivity contribution in [1.29, 1.82) is 0 Å². The van der Waals surface area contributed by atoms with Gasteiger partial charge >= 0.3 is 0 Å². The van der Waals surface area contributed by atoms with E-state index in [2.05, 4.69) is 37.7 Å². The molecular weight excluding hydrogens is 406 g/mol. The fourth-order valence-corrected chi connectivity index (χ4v) is 3.74. The van der Waals surface area contributed by atoms with Gasteiger partial charge in [0.1, 0.15) is 17.3 Å². The van der Waals surface area contributed by atoms with Crippen LogP contribution in [-0.4, -0.2) is 21.4 Å². The number of halogens is 1. The summed E-state index contributed by atoms with van der Waals surface area (Å²) in [5, 5.41) is 0. The van der Waals surface area contributed by atoms with Gasteiger partial charge < -0.3 is 9.40 Å². The molecule has 1 aliphatic rings. The molecule has 140 valence electrons. The number of furan rings is 1. The second-order valence-electron chi connectivity index (χ2n) is 6.92. The Morgan fingerprint density at radius 3 is 2.81 bits per heavy atom. The number of nitrogens with one attached hydrogen (secondary N) is 1. The Kier molecular flexibility index (Phi) is 5.27. The van der Waals surface area contributed by atoms with E-state index < -0.39 is 0 Å². The van der Waals surface area contributed by atoms with Gasteiger partial charge in [-0.2, -0.15) is 0 Å². The van der Waals surface area contributed by atoms with Crippen molar-refractivity contribution in [1.82, 2.24) is 14.9 Å². The molecule has 0 unspecified atom stereocenters. The van der Waals surface area contributed by atoms with Crippen LogP contribution in [0.5, 0.6) is 0 Å². The van der Waals surface area contributed by atoms with Crippen molar-refractivity contribution in [3.8, 4) is 11.3 Å². The standard InChI is InChI=1S/C21H22BrN3O2/c1-2-3-20-23-18-10-11-25(13-17(18)21(26)24-20)12-16-8-9-19(27-16)14-4-6-15(22)7-5-14/h4-9H,2-3,10-13H2,1H3,(H,23,24,26). The van der Waals surface area contributed by atoms with E-state index in [1.165, 1.54) is 0 Å². The van der Waals surface area contributed by atoms with Crippen LogP contribution in [0.2, 0.25) is 0 Å². The molecule has 0 fully saturated rings. The lowest BCUT2D eigenvalue weighted by atomic mass is 10.1. The number of H-pyrrole nitrogens is 1. The van der Waals surface area contributed by atoms with Crippen LogP contribution in [0.15, 0.2) is 50.1 Å². The summed E-state index contributed by atoms with van der Waals surface area (Å²) in [6, 6.07) is 12.1. The summed E-state index contributed by atoms with van der Waals surface area (Å²) in [5.74, 6) is 2.57. The molecule has 4 rings (SSSR count). The average Bonchev–Trinajstić information content (AvgIpc) is 3.12. The van der Waals surface area contributed by atoms with E-state index in [4.69, 9.17) is 4.42 Å². The number of rotatable bonds is 5. The molecule has 0 bridgehead atoms. The molecular formula is C21H22BrN3O2. The van der Waals surface area contributed by atoms with Gasteiger partial charge in [0, 0.05) is 36.0 Å². The lowest BCUT2D eigenvalue weighted by molar-refractivity contribution is 0.223. The highest BCUT2D eigenvalue weighted by Gasteiger charge is 2.22. The van der Waals surface area contributed by atoms with Gasteiger partial charge in [-0.05, 0) is 30.7 Å². The monoisotopic (exact) mass is 427 g/mol. The zero-order valence-electron chi connectivity index (χ0n) is 15.3. The Balaban J connectivity index is 1.47. The fraction of sp³-hybridized carbons (Fsp3) is 0.333. The number of hydrogen-bond donors (Lipinski definition) is 1. The van der Waals surface area contributed by atoms with E-state index in [1.807, 2.05) is 36.4 Å². The largest absolute Gasteiger partial charge is 0.460 e. The first-order valence-corrected chi connectivity index (χ1v) is 10.1. The third kappa shape index (κ3) is 4.06. The summed E-state index contributed by atoms with van der Waals surface area (Å²) < 4.78 is 7.07. The minimum Gasteiger partial charge on any atom is -0.460 e. The molecule has 1 aromatic carbocycles. The molecule has 2 aromatic heterocycles. The van der Waals surface area contributed by atoms with Gasteiger partial charge in [-0.1, -0.05) is 35.0 Å². The lowest BCUT2D eigenvalue weighted by Gasteiger charge is -2.26. The quantitative estimate of drug-likeness (QED) is 0.658. The first kappa shape index (κ1) is 18.2. The van der Waals surface area contributed by atoms with Crippen LogP contribution >= 0.6 is 15.9 Å². The molecule has 3 heterocycles. The number of aromatic nitrogens is 2. The molecule has 0 saturated heterocycles. The van der Waals surface area contributed by atoms with Crippen molar-refractivity contribution in [2.24, 2.45) is 0 Å². The number of benzene rings is 1. The number of nitrogens with zero attached hydrogens (tertiary/aromatic N) is 2. The Hall–Kier alpha value is -2.18. The second-order valence-corrected chi connectivity index (χ2v) is 7.84. The summed E-state index contributed by atoms with van der Waals surface area (Å²) in [7, 11) is 0. The van der Waals surface area contributed by atoms with Gasteiger partial charge in [-0.15, -0.1) is 0 Å². The first-order chi connectivity index (χ1) is 13.1. The fourth-order valence-electron chi connectivity index (χ4n) is 3.48. The van der Waals surface area contributed by atoms with E-state index >= 15 is 0 Å². The number of aromatic amines is 1. The molecule has 0 saturated carbocycles. The molecule has 1 N–H and O–H groups in total. The molecule has 3 aromatic rings. The molecule has 5 nitrogen and oxygen atoms in total. The Labute approximate surface area is 166 Å². The predicted octanol–water partition coefficient (Wildman–Crippen LogP) is 4.30. The molecule has 0 aliphatic carbocycles. The third-order valence-corrected chi connectivity index (χ3v) is 5.38. The first-order valence-electron chi connectivity index (χ1n) is 9.30. The summed E-state index contributed by atoms with van der Waals surface area (Å²) in [4.78, 5) is 22.2. The smallest absolute Gasteiger partial charge is 0.255 e. The lowest BCUT2D eigenvalue weighted by Crippen LogP contribution is -2.35. The Morgan fingerprint density at radius 1 is 1.22 bits per heavy atom. The van der Waals surface area contributed by atoms with Crippen LogP contribution in [-0.2, 0) is 25.9 Å². The summed E-state index contributed by atoms with van der Waals surface area (Å²) in [6.45, 7) is 4.26. The maximum atomic E-state index is 12.4. The van der Waals surface area contributed by atoms with Crippen molar-refractivity contribution >= 4 is 15.9 Å². The van der Waals surface area contributed by atoms with Crippen molar-refractivity contribution in [2.75, 3.05) is 6.54 Å². The van der Waals surface area contributed by atoms with Gasteiger partial charge in [0.2, 0.25) is 0 Å². The third-order valence-electron chi connectivity index (χ3n) is 4.85. The van der Waals surface area contributed by atoms with Crippen LogP contribution in [0, 0.1) is 0 Å². The highest BCUT2D eigenvalue weighted by molar-refractivity contribution is 9.10. The minimum atomic E-state index is 0.00291. The van der Waals surface area contributed by atoms with E-state index in [0.29, 0.717) is 13.1 Å². The number of fused-ring (bicyclic) bond motifs is 1. The number of hydrogen-bond acceptors (Lipinski definition) is 4. The van der Waals surface area contributed by atoms with Crippen LogP contribution < -0.4 is 5.56 Å². The van der Waals surface area contributed by atoms with Crippen LogP contribution in [0.4, 0.5) is 0 Å². The Morgan fingerprint density at radius 2 is 2.04 bits per heavy atom. The van der Waals surface area contributed by atoms with Gasteiger partial charge in [-0.25, -0.2) is 4.98 Å². The Bertz CT molecular complexity index is 991. The van der Waals surface area contributed by atoms with E-state index in [-0.39, 0.29) is 5.56 Å². The highest BCUT2D eigenvalue weighted by Crippen LogP contribution is 2.25. The second kappa shape index (κ2) is 7.82. The van der Waals surface area contributed by atoms with Crippen molar-refractivity contribution < 1.29 is 4.42 Å². The van der Waals surface area contributed by atoms with E-state index in [9.17, 15) is 4.79 Å². The molecule has 0 spiro atoms. The van der Waals surface area contributed by atoms with Gasteiger partial charge in [-0.3, -0.25) is 9.69 Å². The van der Waals surface area contributed by atoms with Crippen LogP contribution in [0.3, 0.4) is 0 Å². The molecule has 0 amide bonds. The maximum absolute atomic E-state index is 12.4. The molecule has 6 heteroatoms. The average molecular weight is 428 g/mol. The highest BCUT2D eigenvalue weighted by atomic mass is 79.9. The maximum Gasteiger partial charge on any atom is 0.255 e. The van der Waals surface area contributed by atoms with Crippen molar-refractivity contribution in [3.05, 3.63) is 74.1 Å². The van der Waals surface area contributed by atoms with Crippen LogP contribution in [0.1, 0.15) is 36.2 Å². The minimum absolute atomic E-state index is 0.00291. The molecule has 1 aliphatic heterocycles. The van der Waals surface area contributed by atoms with Gasteiger partial charge in [0.25, 0.3) is 5.56 Å².